The average Bonchev–Trinajstić information content (AvgIpc) is 2.63. The Bertz CT molecular complexity index is 1030. The lowest BCUT2D eigenvalue weighted by molar-refractivity contribution is 0.0686. The number of aliphatic hydroxyl groups is 1. The predicted molar refractivity (Wildman–Crippen MR) is 94.5 cm³/mol. The van der Waals surface area contributed by atoms with Gasteiger partial charge in [0.05, 0.1) is 23.4 Å². The summed E-state index contributed by atoms with van der Waals surface area (Å²) in [6.07, 6.45) is 0.858. The molecular weight excluding hydrogens is 378 g/mol. The summed E-state index contributed by atoms with van der Waals surface area (Å²) in [5.74, 6) is -2.52. The van der Waals surface area contributed by atoms with E-state index in [2.05, 4.69) is 5.10 Å². The van der Waals surface area contributed by atoms with Crippen molar-refractivity contribution in [3.8, 4) is 11.4 Å². The first kappa shape index (κ1) is 20.6. The van der Waals surface area contributed by atoms with Crippen LogP contribution in [0.3, 0.4) is 0 Å². The summed E-state index contributed by atoms with van der Waals surface area (Å²) >= 11 is 0. The van der Waals surface area contributed by atoms with Crippen molar-refractivity contribution in [2.45, 2.75) is 25.3 Å². The van der Waals surface area contributed by atoms with E-state index in [-0.39, 0.29) is 29.2 Å². The van der Waals surface area contributed by atoms with Crippen molar-refractivity contribution in [1.82, 2.24) is 14.1 Å². The second-order valence-corrected chi connectivity index (χ2v) is 7.42. The molecule has 0 saturated carbocycles. The van der Waals surface area contributed by atoms with Crippen molar-refractivity contribution in [1.29, 1.82) is 0 Å². The quantitative estimate of drug-likeness (QED) is 0.598. The Labute approximate surface area is 155 Å². The third kappa shape index (κ3) is 3.84. The van der Waals surface area contributed by atoms with Gasteiger partial charge in [-0.05, 0) is 12.1 Å². The Morgan fingerprint density at radius 2 is 1.89 bits per heavy atom. The number of aromatic carboxylic acids is 1. The third-order valence-electron chi connectivity index (χ3n) is 3.92. The third-order valence-corrected chi connectivity index (χ3v) is 5.97. The molecule has 0 amide bonds. The maximum absolute atomic E-state index is 12.7. The molecule has 2 rings (SSSR count). The van der Waals surface area contributed by atoms with Gasteiger partial charge in [0.15, 0.2) is 5.75 Å². The van der Waals surface area contributed by atoms with E-state index in [9.17, 15) is 28.2 Å². The number of aromatic hydroxyl groups is 1. The Morgan fingerprint density at radius 1 is 1.26 bits per heavy atom. The average molecular weight is 397 g/mol. The first-order valence-electron chi connectivity index (χ1n) is 7.97. The first-order valence-corrected chi connectivity index (χ1v) is 9.41. The molecule has 2 aromatic rings. The summed E-state index contributed by atoms with van der Waals surface area (Å²) in [6.45, 7) is 3.36. The molecule has 1 aromatic heterocycles. The lowest BCUT2D eigenvalue weighted by Gasteiger charge is -2.20. The zero-order chi connectivity index (χ0) is 20.4. The molecule has 0 atom stereocenters. The SMILES string of the molecule is CCN(CC)S(=O)(=O)c1ccc(CO)c(-n2cc(O)c(=O)c(C(=O)O)n2)c1. The van der Waals surface area contributed by atoms with Gasteiger partial charge in [-0.1, -0.05) is 19.9 Å². The summed E-state index contributed by atoms with van der Waals surface area (Å²) in [4.78, 5) is 22.7. The van der Waals surface area contributed by atoms with E-state index in [0.29, 0.717) is 0 Å². The molecule has 0 aliphatic carbocycles. The molecule has 0 spiro atoms. The number of benzene rings is 1. The molecule has 0 saturated heterocycles. The van der Waals surface area contributed by atoms with Crippen molar-refractivity contribution < 1.29 is 28.5 Å². The minimum atomic E-state index is -3.83. The van der Waals surface area contributed by atoms with Crippen LogP contribution in [0.1, 0.15) is 29.9 Å². The summed E-state index contributed by atoms with van der Waals surface area (Å²) in [7, 11) is -3.83. The maximum atomic E-state index is 12.7. The number of nitrogens with zero attached hydrogens (tertiary/aromatic N) is 3. The van der Waals surface area contributed by atoms with Crippen LogP contribution in [0.2, 0.25) is 0 Å². The van der Waals surface area contributed by atoms with Gasteiger partial charge >= 0.3 is 5.97 Å². The van der Waals surface area contributed by atoms with E-state index >= 15 is 0 Å². The minimum Gasteiger partial charge on any atom is -0.503 e. The van der Waals surface area contributed by atoms with E-state index in [1.165, 1.54) is 22.5 Å². The number of aliphatic hydroxyl groups excluding tert-OH is 1. The summed E-state index contributed by atoms with van der Waals surface area (Å²) in [5, 5.41) is 32.0. The van der Waals surface area contributed by atoms with Crippen LogP contribution < -0.4 is 5.43 Å². The minimum absolute atomic E-state index is 0.0172. The Morgan fingerprint density at radius 3 is 2.41 bits per heavy atom. The zero-order valence-electron chi connectivity index (χ0n) is 14.7. The molecule has 0 radical (unpaired) electrons. The Kier molecular flexibility index (Phi) is 5.98. The molecule has 11 heteroatoms. The van der Waals surface area contributed by atoms with Gasteiger partial charge < -0.3 is 15.3 Å². The number of rotatable bonds is 7. The molecule has 146 valence electrons. The van der Waals surface area contributed by atoms with Crippen molar-refractivity contribution in [2.75, 3.05) is 13.1 Å². The van der Waals surface area contributed by atoms with Gasteiger partial charge in [-0.2, -0.15) is 9.40 Å². The lowest BCUT2D eigenvalue weighted by Crippen LogP contribution is -2.30. The van der Waals surface area contributed by atoms with Crippen molar-refractivity contribution in [2.24, 2.45) is 0 Å². The highest BCUT2D eigenvalue weighted by Gasteiger charge is 2.24. The fourth-order valence-corrected chi connectivity index (χ4v) is 3.98. The van der Waals surface area contributed by atoms with E-state index in [4.69, 9.17) is 5.11 Å². The van der Waals surface area contributed by atoms with Crippen LogP contribution in [0.5, 0.6) is 5.75 Å². The van der Waals surface area contributed by atoms with Gasteiger partial charge in [0.1, 0.15) is 0 Å². The van der Waals surface area contributed by atoms with Crippen LogP contribution >= 0.6 is 0 Å². The fraction of sp³-hybridized carbons (Fsp3) is 0.312. The van der Waals surface area contributed by atoms with E-state index in [0.717, 1.165) is 10.9 Å². The highest BCUT2D eigenvalue weighted by atomic mass is 32.2. The van der Waals surface area contributed by atoms with Crippen LogP contribution in [0, 0.1) is 0 Å². The van der Waals surface area contributed by atoms with Crippen LogP contribution in [-0.4, -0.2) is 56.9 Å². The molecule has 0 aliphatic heterocycles. The number of sulfonamides is 1. The van der Waals surface area contributed by atoms with Crippen molar-refractivity contribution in [3.63, 3.8) is 0 Å². The molecule has 10 nitrogen and oxygen atoms in total. The molecule has 1 aromatic carbocycles. The van der Waals surface area contributed by atoms with Gasteiger partial charge in [-0.25, -0.2) is 17.9 Å². The predicted octanol–water partition coefficient (Wildman–Crippen LogP) is 0.159. The summed E-state index contributed by atoms with van der Waals surface area (Å²) in [5.41, 5.74) is -1.86. The Hall–Kier alpha value is -2.76. The monoisotopic (exact) mass is 397 g/mol. The Balaban J connectivity index is 2.75. The van der Waals surface area contributed by atoms with Gasteiger partial charge in [0, 0.05) is 18.7 Å². The molecule has 0 aliphatic rings. The van der Waals surface area contributed by atoms with Crippen LogP contribution in [-0.2, 0) is 16.6 Å². The number of hydrogen-bond acceptors (Lipinski definition) is 7. The normalized spacial score (nSPS) is 11.7. The van der Waals surface area contributed by atoms with E-state index in [1.54, 1.807) is 13.8 Å². The van der Waals surface area contributed by atoms with Gasteiger partial charge in [0.25, 0.3) is 5.43 Å². The second-order valence-electron chi connectivity index (χ2n) is 5.48. The molecule has 0 unspecified atom stereocenters. The van der Waals surface area contributed by atoms with E-state index in [1.807, 2.05) is 0 Å². The molecule has 3 N–H and O–H groups in total. The van der Waals surface area contributed by atoms with E-state index < -0.39 is 39.5 Å². The number of hydrogen-bond donors (Lipinski definition) is 3. The smallest absolute Gasteiger partial charge is 0.360 e. The molecule has 27 heavy (non-hydrogen) atoms. The highest BCUT2D eigenvalue weighted by Crippen LogP contribution is 2.23. The highest BCUT2D eigenvalue weighted by molar-refractivity contribution is 7.89. The van der Waals surface area contributed by atoms with Gasteiger partial charge in [-0.15, -0.1) is 0 Å². The molecule has 1 heterocycles. The standard InChI is InChI=1S/C16H19N3O7S/c1-3-18(4-2)27(25,26)11-6-5-10(9-20)12(7-11)19-8-13(21)15(22)14(17-19)16(23)24/h5-8,20-21H,3-4,9H2,1-2H3,(H,23,24). The largest absolute Gasteiger partial charge is 0.503 e. The van der Waals surface area contributed by atoms with Crippen molar-refractivity contribution in [3.05, 3.63) is 45.9 Å². The second kappa shape index (κ2) is 7.86. The van der Waals surface area contributed by atoms with Crippen molar-refractivity contribution >= 4 is 16.0 Å². The maximum Gasteiger partial charge on any atom is 0.360 e. The van der Waals surface area contributed by atoms with Crippen LogP contribution in [0.4, 0.5) is 0 Å². The summed E-state index contributed by atoms with van der Waals surface area (Å²) in [6, 6.07) is 3.86. The zero-order valence-corrected chi connectivity index (χ0v) is 15.5. The molecular formula is C16H19N3O7S. The molecule has 0 bridgehead atoms. The first-order chi connectivity index (χ1) is 12.7. The van der Waals surface area contributed by atoms with Crippen LogP contribution in [0.15, 0.2) is 34.1 Å². The number of carbonyl (C=O) groups is 1. The number of carboxylic acid groups (broad SMARTS) is 1. The topological polar surface area (TPSA) is 150 Å². The summed E-state index contributed by atoms with van der Waals surface area (Å²) < 4.78 is 27.5. The number of aromatic nitrogens is 2. The molecule has 0 fully saturated rings. The van der Waals surface area contributed by atoms with Crippen LogP contribution in [0.25, 0.3) is 5.69 Å². The van der Waals surface area contributed by atoms with Gasteiger partial charge in [0.2, 0.25) is 15.7 Å². The lowest BCUT2D eigenvalue weighted by atomic mass is 10.2. The fourth-order valence-electron chi connectivity index (χ4n) is 2.50. The number of carboxylic acids is 1. The van der Waals surface area contributed by atoms with Gasteiger partial charge in [-0.3, -0.25) is 4.79 Å².